The number of nitrogens with zero attached hydrogens (tertiary/aromatic N) is 1. The van der Waals surface area contributed by atoms with E-state index in [1.807, 2.05) is 24.3 Å². The van der Waals surface area contributed by atoms with Crippen LogP contribution in [0.2, 0.25) is 0 Å². The lowest BCUT2D eigenvalue weighted by Crippen LogP contribution is -2.38. The highest BCUT2D eigenvalue weighted by Crippen LogP contribution is 2.40. The smallest absolute Gasteiger partial charge is 0.227 e. The Morgan fingerprint density at radius 3 is 2.38 bits per heavy atom. The van der Waals surface area contributed by atoms with Gasteiger partial charge in [0, 0.05) is 30.7 Å². The maximum absolute atomic E-state index is 12.6. The summed E-state index contributed by atoms with van der Waals surface area (Å²) in [7, 11) is 4.51. The highest BCUT2D eigenvalue weighted by atomic mass is 16.5. The average Bonchev–Trinajstić information content (AvgIpc) is 2.76. The summed E-state index contributed by atoms with van der Waals surface area (Å²) < 4.78 is 21.4. The summed E-state index contributed by atoms with van der Waals surface area (Å²) in [5.41, 5.74) is 1.22. The van der Waals surface area contributed by atoms with Crippen LogP contribution in [-0.4, -0.2) is 46.3 Å². The van der Waals surface area contributed by atoms with Gasteiger partial charge in [0.25, 0.3) is 0 Å². The molecule has 29 heavy (non-hydrogen) atoms. The van der Waals surface area contributed by atoms with Crippen LogP contribution in [0.4, 0.5) is 11.4 Å². The monoisotopic (exact) mass is 400 g/mol. The Kier molecular flexibility index (Phi) is 6.43. The second kappa shape index (κ2) is 9.18. The summed E-state index contributed by atoms with van der Waals surface area (Å²) in [5, 5.41) is 2.77. The van der Waals surface area contributed by atoms with Gasteiger partial charge in [0.2, 0.25) is 17.6 Å². The largest absolute Gasteiger partial charge is 0.493 e. The molecule has 1 heterocycles. The molecule has 0 aliphatic carbocycles. The van der Waals surface area contributed by atoms with Crippen molar-refractivity contribution in [3.05, 3.63) is 36.4 Å². The van der Waals surface area contributed by atoms with Gasteiger partial charge in [-0.2, -0.15) is 0 Å². The molecule has 3 rings (SSSR count). The van der Waals surface area contributed by atoms with E-state index in [0.29, 0.717) is 41.8 Å². The predicted molar refractivity (Wildman–Crippen MR) is 108 cm³/mol. The molecule has 8 heteroatoms. The zero-order chi connectivity index (χ0) is 20.8. The van der Waals surface area contributed by atoms with Crippen LogP contribution in [0, 0.1) is 0 Å². The van der Waals surface area contributed by atoms with Crippen LogP contribution in [0.15, 0.2) is 36.4 Å². The van der Waals surface area contributed by atoms with Crippen molar-refractivity contribution in [2.45, 2.75) is 12.8 Å². The maximum Gasteiger partial charge on any atom is 0.227 e. The van der Waals surface area contributed by atoms with Gasteiger partial charge in [-0.1, -0.05) is 12.1 Å². The standard InChI is InChI=1S/C21H24N2O6/c1-26-17-12-14(13-18(27-2)21(17)28-3)22-19(24)8-9-20(25)23-10-11-29-16-7-5-4-6-15(16)23/h4-7,12-13H,8-11H2,1-3H3,(H,22,24). The Labute approximate surface area is 169 Å². The van der Waals surface area contributed by atoms with Crippen LogP contribution in [0.1, 0.15) is 12.8 Å². The predicted octanol–water partition coefficient (Wildman–Crippen LogP) is 2.86. The van der Waals surface area contributed by atoms with E-state index in [4.69, 9.17) is 18.9 Å². The third kappa shape index (κ3) is 4.53. The van der Waals surface area contributed by atoms with Crippen molar-refractivity contribution in [3.8, 4) is 23.0 Å². The van der Waals surface area contributed by atoms with E-state index in [1.165, 1.54) is 21.3 Å². The summed E-state index contributed by atoms with van der Waals surface area (Å²) in [6.45, 7) is 0.894. The summed E-state index contributed by atoms with van der Waals surface area (Å²) in [5.74, 6) is 1.57. The summed E-state index contributed by atoms with van der Waals surface area (Å²) in [4.78, 5) is 26.7. The maximum atomic E-state index is 12.6. The number of nitrogens with one attached hydrogen (secondary N) is 1. The van der Waals surface area contributed by atoms with E-state index in [9.17, 15) is 9.59 Å². The van der Waals surface area contributed by atoms with E-state index in [0.717, 1.165) is 5.69 Å². The van der Waals surface area contributed by atoms with Crippen LogP contribution in [0.3, 0.4) is 0 Å². The molecule has 2 aromatic rings. The Bertz CT molecular complexity index is 873. The summed E-state index contributed by atoms with van der Waals surface area (Å²) >= 11 is 0. The molecule has 2 aromatic carbocycles. The molecule has 0 atom stereocenters. The Balaban J connectivity index is 1.63. The number of carbonyl (C=O) groups excluding carboxylic acids is 2. The minimum absolute atomic E-state index is 0.0506. The third-order valence-electron chi connectivity index (χ3n) is 4.54. The number of rotatable bonds is 7. The first-order chi connectivity index (χ1) is 14.1. The van der Waals surface area contributed by atoms with E-state index in [2.05, 4.69) is 5.32 Å². The Morgan fingerprint density at radius 1 is 1.03 bits per heavy atom. The van der Waals surface area contributed by atoms with Gasteiger partial charge in [0.15, 0.2) is 11.5 Å². The van der Waals surface area contributed by atoms with Crippen LogP contribution in [-0.2, 0) is 9.59 Å². The zero-order valence-electron chi connectivity index (χ0n) is 16.7. The van der Waals surface area contributed by atoms with E-state index < -0.39 is 0 Å². The van der Waals surface area contributed by atoms with Crippen LogP contribution < -0.4 is 29.2 Å². The quantitative estimate of drug-likeness (QED) is 0.769. The molecule has 0 spiro atoms. The Morgan fingerprint density at radius 2 is 1.72 bits per heavy atom. The van der Waals surface area contributed by atoms with Crippen molar-refractivity contribution in [1.29, 1.82) is 0 Å². The van der Waals surface area contributed by atoms with E-state index >= 15 is 0 Å². The summed E-state index contributed by atoms with van der Waals surface area (Å²) in [6.07, 6.45) is 0.139. The second-order valence-electron chi connectivity index (χ2n) is 6.32. The molecule has 1 aliphatic heterocycles. The van der Waals surface area contributed by atoms with Gasteiger partial charge in [-0.3, -0.25) is 9.59 Å². The Hall–Kier alpha value is -3.42. The van der Waals surface area contributed by atoms with Crippen molar-refractivity contribution < 1.29 is 28.5 Å². The molecule has 154 valence electrons. The van der Waals surface area contributed by atoms with Crippen molar-refractivity contribution in [3.63, 3.8) is 0 Å². The molecule has 0 saturated carbocycles. The van der Waals surface area contributed by atoms with Gasteiger partial charge >= 0.3 is 0 Å². The molecule has 0 saturated heterocycles. The number of ether oxygens (including phenoxy) is 4. The number of benzene rings is 2. The lowest BCUT2D eigenvalue weighted by atomic mass is 10.2. The fourth-order valence-corrected chi connectivity index (χ4v) is 3.16. The minimum atomic E-state index is -0.283. The minimum Gasteiger partial charge on any atom is -0.493 e. The molecule has 1 N–H and O–H groups in total. The van der Waals surface area contributed by atoms with Crippen molar-refractivity contribution in [2.75, 3.05) is 44.7 Å². The number of hydrogen-bond acceptors (Lipinski definition) is 6. The first-order valence-corrected chi connectivity index (χ1v) is 9.19. The molecule has 1 aliphatic rings. The molecule has 0 unspecified atom stereocenters. The molecule has 0 fully saturated rings. The van der Waals surface area contributed by atoms with Crippen molar-refractivity contribution in [1.82, 2.24) is 0 Å². The van der Waals surface area contributed by atoms with E-state index in [-0.39, 0.29) is 24.7 Å². The number of para-hydroxylation sites is 2. The highest BCUT2D eigenvalue weighted by molar-refractivity contribution is 5.99. The fourth-order valence-electron chi connectivity index (χ4n) is 3.16. The van der Waals surface area contributed by atoms with Crippen LogP contribution in [0.5, 0.6) is 23.0 Å². The van der Waals surface area contributed by atoms with Gasteiger partial charge in [-0.25, -0.2) is 0 Å². The lowest BCUT2D eigenvalue weighted by molar-refractivity contribution is -0.122. The van der Waals surface area contributed by atoms with Gasteiger partial charge in [0.1, 0.15) is 12.4 Å². The number of hydrogen-bond donors (Lipinski definition) is 1. The SMILES string of the molecule is COc1cc(NC(=O)CCC(=O)N2CCOc3ccccc32)cc(OC)c1OC. The third-order valence-corrected chi connectivity index (χ3v) is 4.54. The van der Waals surface area contributed by atoms with E-state index in [1.54, 1.807) is 17.0 Å². The number of amides is 2. The van der Waals surface area contributed by atoms with Crippen molar-refractivity contribution >= 4 is 23.2 Å². The second-order valence-corrected chi connectivity index (χ2v) is 6.32. The number of anilines is 2. The molecule has 0 aromatic heterocycles. The first-order valence-electron chi connectivity index (χ1n) is 9.19. The normalized spacial score (nSPS) is 12.4. The average molecular weight is 400 g/mol. The highest BCUT2D eigenvalue weighted by Gasteiger charge is 2.23. The molecule has 0 radical (unpaired) electrons. The molecular weight excluding hydrogens is 376 g/mol. The van der Waals surface area contributed by atoms with Gasteiger partial charge < -0.3 is 29.2 Å². The first kappa shape index (κ1) is 20.3. The zero-order valence-corrected chi connectivity index (χ0v) is 16.7. The molecular formula is C21H24N2O6. The van der Waals surface area contributed by atoms with Crippen LogP contribution >= 0.6 is 0 Å². The lowest BCUT2D eigenvalue weighted by Gasteiger charge is -2.29. The molecule has 8 nitrogen and oxygen atoms in total. The van der Waals surface area contributed by atoms with Gasteiger partial charge in [0.05, 0.1) is 33.6 Å². The number of carbonyl (C=O) groups is 2. The van der Waals surface area contributed by atoms with Crippen molar-refractivity contribution in [2.24, 2.45) is 0 Å². The van der Waals surface area contributed by atoms with Gasteiger partial charge in [-0.15, -0.1) is 0 Å². The number of methoxy groups -OCH3 is 3. The fraction of sp³-hybridized carbons (Fsp3) is 0.333. The molecule has 0 bridgehead atoms. The molecule has 2 amide bonds. The summed E-state index contributed by atoms with van der Waals surface area (Å²) in [6, 6.07) is 10.6. The topological polar surface area (TPSA) is 86.3 Å². The van der Waals surface area contributed by atoms with Gasteiger partial charge in [-0.05, 0) is 12.1 Å². The van der Waals surface area contributed by atoms with Crippen LogP contribution in [0.25, 0.3) is 0 Å². The number of fused-ring (bicyclic) bond motifs is 1.